The van der Waals surface area contributed by atoms with Gasteiger partial charge in [0.1, 0.15) is 12.4 Å². The molecule has 1 atom stereocenters. The van der Waals surface area contributed by atoms with Gasteiger partial charge < -0.3 is 19.4 Å². The van der Waals surface area contributed by atoms with Gasteiger partial charge in [-0.15, -0.1) is 12.4 Å². The van der Waals surface area contributed by atoms with Crippen LogP contribution in [-0.2, 0) is 11.3 Å². The summed E-state index contributed by atoms with van der Waals surface area (Å²) in [6, 6.07) is 3.70. The predicted octanol–water partition coefficient (Wildman–Crippen LogP) is 1.28. The van der Waals surface area contributed by atoms with Crippen LogP contribution in [-0.4, -0.2) is 43.6 Å². The molecule has 0 saturated carbocycles. The van der Waals surface area contributed by atoms with Crippen LogP contribution in [0.1, 0.15) is 23.2 Å². The molecule has 0 aliphatic carbocycles. The van der Waals surface area contributed by atoms with Crippen LogP contribution >= 0.6 is 12.4 Å². The zero-order valence-electron chi connectivity index (χ0n) is 10.6. The molecule has 0 spiro atoms. The molecule has 0 bridgehead atoms. The van der Waals surface area contributed by atoms with E-state index in [0.29, 0.717) is 18.1 Å². The first-order valence-electron chi connectivity index (χ1n) is 5.81. The van der Waals surface area contributed by atoms with Gasteiger partial charge in [0.25, 0.3) is 5.91 Å². The number of hydrogen-bond donors (Lipinski definition) is 1. The predicted molar refractivity (Wildman–Crippen MR) is 70.0 cm³/mol. The number of halogens is 1. The molecule has 2 rings (SSSR count). The Morgan fingerprint density at radius 2 is 2.39 bits per heavy atom. The number of carbonyl (C=O) groups excluding carboxylic acids is 1. The first kappa shape index (κ1) is 15.0. The highest BCUT2D eigenvalue weighted by molar-refractivity contribution is 5.91. The molecule has 102 valence electrons. The Balaban J connectivity index is 0.00000162. The van der Waals surface area contributed by atoms with Crippen molar-refractivity contribution < 1.29 is 13.9 Å². The number of rotatable bonds is 3. The molecule has 1 amide bonds. The number of amides is 1. The first-order valence-corrected chi connectivity index (χ1v) is 5.81. The van der Waals surface area contributed by atoms with E-state index in [1.165, 1.54) is 0 Å². The SMILES string of the molecule is COCc1ccc(C(=O)N2CCNC[C@@H]2C)o1.Cl. The zero-order valence-corrected chi connectivity index (χ0v) is 11.5. The minimum Gasteiger partial charge on any atom is -0.453 e. The Morgan fingerprint density at radius 1 is 1.61 bits per heavy atom. The van der Waals surface area contributed by atoms with Gasteiger partial charge in [-0.3, -0.25) is 4.79 Å². The fourth-order valence-corrected chi connectivity index (χ4v) is 2.00. The van der Waals surface area contributed by atoms with Gasteiger partial charge in [0.05, 0.1) is 0 Å². The number of nitrogens with zero attached hydrogens (tertiary/aromatic N) is 1. The third kappa shape index (κ3) is 3.25. The number of ether oxygens (including phenoxy) is 1. The fraction of sp³-hybridized carbons (Fsp3) is 0.583. The van der Waals surface area contributed by atoms with Crippen molar-refractivity contribution in [1.29, 1.82) is 0 Å². The number of furan rings is 1. The molecule has 1 aliphatic heterocycles. The van der Waals surface area contributed by atoms with Gasteiger partial charge in [0.2, 0.25) is 0 Å². The Morgan fingerprint density at radius 3 is 3.06 bits per heavy atom. The summed E-state index contributed by atoms with van der Waals surface area (Å²) in [6.45, 7) is 4.81. The number of piperazine rings is 1. The molecular weight excluding hydrogens is 256 g/mol. The Labute approximate surface area is 113 Å². The fourth-order valence-electron chi connectivity index (χ4n) is 2.00. The van der Waals surface area contributed by atoms with Crippen molar-refractivity contribution in [3.8, 4) is 0 Å². The van der Waals surface area contributed by atoms with Gasteiger partial charge in [-0.25, -0.2) is 0 Å². The standard InChI is InChI=1S/C12H18N2O3.ClH/c1-9-7-13-5-6-14(9)12(15)11-4-3-10(17-11)8-16-2;/h3-4,9,13H,5-8H2,1-2H3;1H/t9-;/m0./s1. The molecule has 1 aliphatic rings. The summed E-state index contributed by atoms with van der Waals surface area (Å²) in [5.74, 6) is 1.03. The third-order valence-corrected chi connectivity index (χ3v) is 2.92. The molecule has 6 heteroatoms. The lowest BCUT2D eigenvalue weighted by molar-refractivity contribution is 0.0616. The van der Waals surface area contributed by atoms with E-state index in [4.69, 9.17) is 9.15 Å². The van der Waals surface area contributed by atoms with Crippen LogP contribution in [0.4, 0.5) is 0 Å². The Hall–Kier alpha value is -1.04. The molecule has 0 unspecified atom stereocenters. The normalized spacial score (nSPS) is 19.4. The maximum absolute atomic E-state index is 12.2. The van der Waals surface area contributed by atoms with Crippen LogP contribution < -0.4 is 5.32 Å². The summed E-state index contributed by atoms with van der Waals surface area (Å²) in [5.41, 5.74) is 0. The van der Waals surface area contributed by atoms with Gasteiger partial charge >= 0.3 is 0 Å². The zero-order chi connectivity index (χ0) is 12.3. The second-order valence-electron chi connectivity index (χ2n) is 4.25. The molecule has 1 aromatic rings. The van der Waals surface area contributed by atoms with E-state index in [2.05, 4.69) is 5.32 Å². The number of carbonyl (C=O) groups is 1. The highest BCUT2D eigenvalue weighted by atomic mass is 35.5. The molecule has 0 radical (unpaired) electrons. The van der Waals surface area contributed by atoms with Gasteiger partial charge in [-0.05, 0) is 19.1 Å². The monoisotopic (exact) mass is 274 g/mol. The smallest absolute Gasteiger partial charge is 0.289 e. The molecule has 2 heterocycles. The van der Waals surface area contributed by atoms with E-state index in [1.54, 1.807) is 19.2 Å². The highest BCUT2D eigenvalue weighted by Crippen LogP contribution is 2.14. The maximum atomic E-state index is 12.2. The highest BCUT2D eigenvalue weighted by Gasteiger charge is 2.25. The van der Waals surface area contributed by atoms with Gasteiger partial charge in [0, 0.05) is 32.8 Å². The second kappa shape index (κ2) is 6.78. The summed E-state index contributed by atoms with van der Waals surface area (Å²) >= 11 is 0. The minimum atomic E-state index is -0.0404. The summed E-state index contributed by atoms with van der Waals surface area (Å²) in [7, 11) is 1.60. The number of nitrogens with one attached hydrogen (secondary N) is 1. The summed E-state index contributed by atoms with van der Waals surface area (Å²) in [6.07, 6.45) is 0. The maximum Gasteiger partial charge on any atom is 0.289 e. The largest absolute Gasteiger partial charge is 0.453 e. The molecular formula is C12H19ClN2O3. The number of hydrogen-bond acceptors (Lipinski definition) is 4. The lowest BCUT2D eigenvalue weighted by Gasteiger charge is -2.33. The van der Waals surface area contributed by atoms with E-state index in [1.807, 2.05) is 11.8 Å². The number of methoxy groups -OCH3 is 1. The molecule has 1 saturated heterocycles. The van der Waals surface area contributed by atoms with Crippen LogP contribution in [0.25, 0.3) is 0 Å². The lowest BCUT2D eigenvalue weighted by Crippen LogP contribution is -2.52. The second-order valence-corrected chi connectivity index (χ2v) is 4.25. The van der Waals surface area contributed by atoms with Gasteiger partial charge in [0.15, 0.2) is 5.76 Å². The van der Waals surface area contributed by atoms with E-state index < -0.39 is 0 Å². The van der Waals surface area contributed by atoms with Crippen molar-refractivity contribution in [2.75, 3.05) is 26.7 Å². The van der Waals surface area contributed by atoms with Crippen LogP contribution in [0.3, 0.4) is 0 Å². The molecule has 1 N–H and O–H groups in total. The quantitative estimate of drug-likeness (QED) is 0.902. The van der Waals surface area contributed by atoms with E-state index in [0.717, 1.165) is 19.6 Å². The minimum absolute atomic E-state index is 0. The van der Waals surface area contributed by atoms with E-state index in [9.17, 15) is 4.79 Å². The molecule has 0 aromatic carbocycles. The van der Waals surface area contributed by atoms with Gasteiger partial charge in [-0.1, -0.05) is 0 Å². The van der Waals surface area contributed by atoms with Crippen molar-refractivity contribution in [1.82, 2.24) is 10.2 Å². The first-order chi connectivity index (χ1) is 8.22. The van der Waals surface area contributed by atoms with E-state index in [-0.39, 0.29) is 24.4 Å². The Kier molecular flexibility index (Phi) is 5.65. The van der Waals surface area contributed by atoms with Gasteiger partial charge in [-0.2, -0.15) is 0 Å². The van der Waals surface area contributed by atoms with Crippen molar-refractivity contribution in [3.63, 3.8) is 0 Å². The van der Waals surface area contributed by atoms with Crippen molar-refractivity contribution in [2.24, 2.45) is 0 Å². The van der Waals surface area contributed by atoms with E-state index >= 15 is 0 Å². The average molecular weight is 275 g/mol. The van der Waals surface area contributed by atoms with Crippen LogP contribution in [0.5, 0.6) is 0 Å². The molecule has 5 nitrogen and oxygen atoms in total. The lowest BCUT2D eigenvalue weighted by atomic mass is 10.2. The van der Waals surface area contributed by atoms with Crippen LogP contribution in [0.2, 0.25) is 0 Å². The Bertz CT molecular complexity index is 394. The summed E-state index contributed by atoms with van der Waals surface area (Å²) < 4.78 is 10.4. The van der Waals surface area contributed by atoms with Crippen molar-refractivity contribution in [2.45, 2.75) is 19.6 Å². The summed E-state index contributed by atoms with van der Waals surface area (Å²) in [4.78, 5) is 14.0. The summed E-state index contributed by atoms with van der Waals surface area (Å²) in [5, 5.41) is 3.25. The van der Waals surface area contributed by atoms with Crippen molar-refractivity contribution in [3.05, 3.63) is 23.7 Å². The average Bonchev–Trinajstić information content (AvgIpc) is 2.78. The van der Waals surface area contributed by atoms with Crippen molar-refractivity contribution >= 4 is 18.3 Å². The van der Waals surface area contributed by atoms with Crippen LogP contribution in [0.15, 0.2) is 16.5 Å². The topological polar surface area (TPSA) is 54.7 Å². The molecule has 18 heavy (non-hydrogen) atoms. The third-order valence-electron chi connectivity index (χ3n) is 2.92. The van der Waals surface area contributed by atoms with Crippen LogP contribution in [0, 0.1) is 0 Å². The molecule has 1 fully saturated rings. The molecule has 1 aromatic heterocycles.